The molecule has 0 saturated heterocycles. The number of anilines is 1. The fraction of sp³-hybridized carbons (Fsp3) is 0.200. The van der Waals surface area contributed by atoms with Crippen molar-refractivity contribution in [2.45, 2.75) is 17.7 Å². The summed E-state index contributed by atoms with van der Waals surface area (Å²) >= 11 is 1.63. The second-order valence-corrected chi connectivity index (χ2v) is 5.07. The molecule has 0 saturated carbocycles. The molecular formula is C15H13NOS. The molecule has 2 nitrogen and oxygen atoms in total. The van der Waals surface area contributed by atoms with Crippen molar-refractivity contribution in [1.82, 2.24) is 0 Å². The third-order valence-corrected chi connectivity index (χ3v) is 3.90. The number of nitrogens with zero attached hydrogens (tertiary/aromatic N) is 1. The molecule has 90 valence electrons. The zero-order chi connectivity index (χ0) is 12.4. The zero-order valence-electron chi connectivity index (χ0n) is 9.93. The van der Waals surface area contributed by atoms with Crippen molar-refractivity contribution >= 4 is 28.4 Å². The van der Waals surface area contributed by atoms with Crippen LogP contribution in [0.2, 0.25) is 0 Å². The van der Waals surface area contributed by atoms with E-state index in [1.165, 1.54) is 15.7 Å². The van der Waals surface area contributed by atoms with Crippen molar-refractivity contribution in [3.8, 4) is 12.3 Å². The Hall–Kier alpha value is -1.63. The SMILES string of the molecule is C#CCCCON1Sc2cccc3cccc1c23. The van der Waals surface area contributed by atoms with Crippen molar-refractivity contribution in [3.05, 3.63) is 36.4 Å². The summed E-state index contributed by atoms with van der Waals surface area (Å²) in [5, 5.41) is 2.54. The number of rotatable bonds is 4. The lowest BCUT2D eigenvalue weighted by Gasteiger charge is -2.16. The first kappa shape index (κ1) is 11.5. The van der Waals surface area contributed by atoms with Crippen LogP contribution in [-0.2, 0) is 4.84 Å². The van der Waals surface area contributed by atoms with Gasteiger partial charge in [-0.15, -0.1) is 12.3 Å². The van der Waals surface area contributed by atoms with E-state index in [0.717, 1.165) is 18.5 Å². The van der Waals surface area contributed by atoms with E-state index in [1.807, 2.05) is 4.47 Å². The summed E-state index contributed by atoms with van der Waals surface area (Å²) in [5.74, 6) is 2.62. The smallest absolute Gasteiger partial charge is 0.0860 e. The molecule has 3 rings (SSSR count). The van der Waals surface area contributed by atoms with Gasteiger partial charge in [-0.25, -0.2) is 0 Å². The highest BCUT2D eigenvalue weighted by Crippen LogP contribution is 2.45. The summed E-state index contributed by atoms with van der Waals surface area (Å²) in [6, 6.07) is 12.6. The highest BCUT2D eigenvalue weighted by atomic mass is 32.2. The molecule has 2 aromatic carbocycles. The minimum Gasteiger partial charge on any atom is -0.262 e. The van der Waals surface area contributed by atoms with Gasteiger partial charge in [0, 0.05) is 28.7 Å². The van der Waals surface area contributed by atoms with Gasteiger partial charge >= 0.3 is 0 Å². The Kier molecular flexibility index (Phi) is 3.14. The number of hydrogen-bond acceptors (Lipinski definition) is 3. The first-order valence-corrected chi connectivity index (χ1v) is 6.74. The van der Waals surface area contributed by atoms with Crippen LogP contribution in [0, 0.1) is 12.3 Å². The van der Waals surface area contributed by atoms with E-state index in [0.29, 0.717) is 6.61 Å². The van der Waals surface area contributed by atoms with Crippen molar-refractivity contribution in [1.29, 1.82) is 0 Å². The average molecular weight is 255 g/mol. The lowest BCUT2D eigenvalue weighted by Crippen LogP contribution is -2.12. The molecule has 0 aromatic heterocycles. The Labute approximate surface area is 111 Å². The molecule has 1 heterocycles. The molecule has 1 aliphatic heterocycles. The largest absolute Gasteiger partial charge is 0.262 e. The Balaban J connectivity index is 1.83. The summed E-state index contributed by atoms with van der Waals surface area (Å²) in [6.07, 6.45) is 6.88. The highest BCUT2D eigenvalue weighted by Gasteiger charge is 2.22. The van der Waals surface area contributed by atoms with Crippen LogP contribution in [0.25, 0.3) is 10.8 Å². The lowest BCUT2D eigenvalue weighted by atomic mass is 10.1. The fourth-order valence-corrected chi connectivity index (χ4v) is 3.08. The molecule has 0 amide bonds. The molecular weight excluding hydrogens is 242 g/mol. The van der Waals surface area contributed by atoms with Crippen LogP contribution in [-0.4, -0.2) is 6.61 Å². The van der Waals surface area contributed by atoms with Crippen molar-refractivity contribution in [2.75, 3.05) is 11.1 Å². The van der Waals surface area contributed by atoms with Gasteiger partial charge in [-0.05, 0) is 23.9 Å². The minimum absolute atomic E-state index is 0.654. The molecule has 2 aromatic rings. The Morgan fingerprint density at radius 3 is 2.89 bits per heavy atom. The van der Waals surface area contributed by atoms with Gasteiger partial charge in [-0.3, -0.25) is 4.84 Å². The van der Waals surface area contributed by atoms with Crippen molar-refractivity contribution < 1.29 is 4.84 Å². The van der Waals surface area contributed by atoms with Crippen LogP contribution in [0.4, 0.5) is 5.69 Å². The number of hydrogen-bond donors (Lipinski definition) is 0. The van der Waals surface area contributed by atoms with Gasteiger partial charge in [0.2, 0.25) is 0 Å². The molecule has 0 radical (unpaired) electrons. The quantitative estimate of drug-likeness (QED) is 0.465. The topological polar surface area (TPSA) is 12.5 Å². The van der Waals surface area contributed by atoms with E-state index in [1.54, 1.807) is 11.9 Å². The van der Waals surface area contributed by atoms with Gasteiger partial charge in [-0.2, -0.15) is 4.47 Å². The van der Waals surface area contributed by atoms with Crippen LogP contribution in [0.3, 0.4) is 0 Å². The lowest BCUT2D eigenvalue weighted by molar-refractivity contribution is 0.155. The maximum atomic E-state index is 5.78. The van der Waals surface area contributed by atoms with E-state index in [4.69, 9.17) is 11.3 Å². The first-order valence-electron chi connectivity index (χ1n) is 5.96. The number of terminal acetylenes is 1. The van der Waals surface area contributed by atoms with Gasteiger partial charge in [0.25, 0.3) is 0 Å². The summed E-state index contributed by atoms with van der Waals surface area (Å²) < 4.78 is 1.90. The number of benzene rings is 2. The maximum absolute atomic E-state index is 5.78. The van der Waals surface area contributed by atoms with Crippen LogP contribution >= 0.6 is 11.9 Å². The van der Waals surface area contributed by atoms with Gasteiger partial charge in [0.05, 0.1) is 12.3 Å². The van der Waals surface area contributed by atoms with Gasteiger partial charge < -0.3 is 0 Å². The summed E-state index contributed by atoms with van der Waals surface area (Å²) in [5.41, 5.74) is 1.13. The van der Waals surface area contributed by atoms with E-state index in [9.17, 15) is 0 Å². The van der Waals surface area contributed by atoms with Crippen molar-refractivity contribution in [2.24, 2.45) is 0 Å². The van der Waals surface area contributed by atoms with Gasteiger partial charge in [-0.1, -0.05) is 24.3 Å². The molecule has 0 unspecified atom stereocenters. The van der Waals surface area contributed by atoms with Crippen molar-refractivity contribution in [3.63, 3.8) is 0 Å². The fourth-order valence-electron chi connectivity index (χ4n) is 2.07. The first-order chi connectivity index (χ1) is 8.90. The Morgan fingerprint density at radius 2 is 2.06 bits per heavy atom. The van der Waals surface area contributed by atoms with E-state index in [2.05, 4.69) is 42.3 Å². The second-order valence-electron chi connectivity index (χ2n) is 4.12. The Bertz CT molecular complexity index is 612. The highest BCUT2D eigenvalue weighted by molar-refractivity contribution is 8.01. The zero-order valence-corrected chi connectivity index (χ0v) is 10.7. The maximum Gasteiger partial charge on any atom is 0.0860 e. The summed E-state index contributed by atoms with van der Waals surface area (Å²) in [7, 11) is 0. The van der Waals surface area contributed by atoms with E-state index >= 15 is 0 Å². The minimum atomic E-state index is 0.654. The van der Waals surface area contributed by atoms with Crippen LogP contribution in [0.15, 0.2) is 41.3 Å². The van der Waals surface area contributed by atoms with Crippen LogP contribution in [0.5, 0.6) is 0 Å². The van der Waals surface area contributed by atoms with E-state index < -0.39 is 0 Å². The average Bonchev–Trinajstić information content (AvgIpc) is 2.76. The molecule has 0 bridgehead atoms. The molecule has 0 aliphatic carbocycles. The van der Waals surface area contributed by atoms with Crippen LogP contribution in [0.1, 0.15) is 12.8 Å². The standard InChI is InChI=1S/C15H13NOS/c1-2-3-4-11-17-16-13-9-5-7-12-8-6-10-14(18-16)15(12)13/h1,5-10H,3-4,11H2. The normalized spacial score (nSPS) is 12.9. The molecule has 0 N–H and O–H groups in total. The number of unbranched alkanes of at least 4 members (excludes halogenated alkanes) is 1. The molecule has 0 atom stereocenters. The molecule has 3 heteroatoms. The summed E-state index contributed by atoms with van der Waals surface area (Å²) in [6.45, 7) is 0.654. The monoisotopic (exact) mass is 255 g/mol. The molecule has 0 fully saturated rings. The van der Waals surface area contributed by atoms with Gasteiger partial charge in [0.15, 0.2) is 0 Å². The molecule has 1 aliphatic rings. The third kappa shape index (κ3) is 1.94. The molecule has 0 spiro atoms. The third-order valence-electron chi connectivity index (χ3n) is 2.90. The second kappa shape index (κ2) is 4.93. The van der Waals surface area contributed by atoms with Crippen LogP contribution < -0.4 is 4.47 Å². The predicted molar refractivity (Wildman–Crippen MR) is 76.3 cm³/mol. The molecule has 18 heavy (non-hydrogen) atoms. The van der Waals surface area contributed by atoms with Gasteiger partial charge in [0.1, 0.15) is 0 Å². The summed E-state index contributed by atoms with van der Waals surface area (Å²) in [4.78, 5) is 7.03. The Morgan fingerprint density at radius 1 is 1.22 bits per heavy atom. The predicted octanol–water partition coefficient (Wildman–Crippen LogP) is 4.01. The van der Waals surface area contributed by atoms with E-state index in [-0.39, 0.29) is 0 Å².